The molecule has 0 aliphatic carbocycles. The van der Waals surface area contributed by atoms with Crippen LogP contribution in [-0.4, -0.2) is 41.6 Å². The van der Waals surface area contributed by atoms with E-state index >= 15 is 0 Å². The molecule has 0 aromatic carbocycles. The molecular formula is C17H18N4O6. The maximum absolute atomic E-state index is 12.5. The number of furan rings is 1. The number of pyridine rings is 1. The van der Waals surface area contributed by atoms with Gasteiger partial charge in [0.1, 0.15) is 18.0 Å². The zero-order chi connectivity index (χ0) is 19.8. The van der Waals surface area contributed by atoms with Crippen molar-refractivity contribution < 1.29 is 23.6 Å². The van der Waals surface area contributed by atoms with Crippen molar-refractivity contribution in [3.05, 3.63) is 52.8 Å². The second-order valence-electron chi connectivity index (χ2n) is 5.48. The van der Waals surface area contributed by atoms with Gasteiger partial charge in [0.05, 0.1) is 11.8 Å². The van der Waals surface area contributed by atoms with Crippen molar-refractivity contribution in [2.24, 2.45) is 0 Å². The Bertz CT molecular complexity index is 887. The van der Waals surface area contributed by atoms with E-state index in [0.717, 1.165) is 0 Å². The molecule has 0 bridgehead atoms. The summed E-state index contributed by atoms with van der Waals surface area (Å²) >= 11 is 0. The fraction of sp³-hybridized carbons (Fsp3) is 0.235. The standard InChI is InChI=1S/C17H18N4O6/c1-18-17(26)13(22)5-4-12(20-14(23)10-6-8-27-9-10)16(25)21-11-3-2-7-19-15(11)24/h2-3,6-9,12H,4-5H2,1H3,(H,18,26)(H,19,24)(H,20,23)(H,21,25)/t12-/m0/s1. The number of nitrogens with one attached hydrogen (secondary N) is 4. The number of carbonyl (C=O) groups excluding carboxylic acids is 4. The number of rotatable bonds is 8. The second-order valence-corrected chi connectivity index (χ2v) is 5.48. The van der Waals surface area contributed by atoms with Gasteiger partial charge in [0.25, 0.3) is 17.4 Å². The van der Waals surface area contributed by atoms with Crippen LogP contribution in [0.1, 0.15) is 23.2 Å². The highest BCUT2D eigenvalue weighted by molar-refractivity contribution is 6.36. The van der Waals surface area contributed by atoms with Gasteiger partial charge in [-0.1, -0.05) is 0 Å². The van der Waals surface area contributed by atoms with Gasteiger partial charge in [0.15, 0.2) is 0 Å². The molecule has 27 heavy (non-hydrogen) atoms. The van der Waals surface area contributed by atoms with Crippen molar-refractivity contribution in [2.75, 3.05) is 12.4 Å². The summed E-state index contributed by atoms with van der Waals surface area (Å²) in [5, 5.41) is 7.05. The van der Waals surface area contributed by atoms with Crippen LogP contribution in [0.2, 0.25) is 0 Å². The van der Waals surface area contributed by atoms with Crippen LogP contribution in [0.15, 0.2) is 46.1 Å². The van der Waals surface area contributed by atoms with Crippen molar-refractivity contribution in [2.45, 2.75) is 18.9 Å². The lowest BCUT2D eigenvalue weighted by Gasteiger charge is -2.17. The maximum atomic E-state index is 12.5. The molecule has 0 spiro atoms. The largest absolute Gasteiger partial charge is 0.472 e. The molecule has 142 valence electrons. The van der Waals surface area contributed by atoms with Gasteiger partial charge < -0.3 is 25.4 Å². The highest BCUT2D eigenvalue weighted by Gasteiger charge is 2.25. The molecule has 2 aromatic heterocycles. The Kier molecular flexibility index (Phi) is 6.64. The Hall–Kier alpha value is -3.69. The maximum Gasteiger partial charge on any atom is 0.287 e. The predicted molar refractivity (Wildman–Crippen MR) is 94.0 cm³/mol. The van der Waals surface area contributed by atoms with Gasteiger partial charge in [-0.15, -0.1) is 0 Å². The first-order valence-corrected chi connectivity index (χ1v) is 7.99. The fourth-order valence-corrected chi connectivity index (χ4v) is 2.17. The highest BCUT2D eigenvalue weighted by atomic mass is 16.3. The molecule has 3 amide bonds. The van der Waals surface area contributed by atoms with E-state index in [0.29, 0.717) is 0 Å². The number of likely N-dealkylation sites (N-methyl/N-ethyl adjacent to an activating group) is 1. The molecule has 2 aromatic rings. The van der Waals surface area contributed by atoms with E-state index < -0.39 is 35.1 Å². The molecule has 1 atom stereocenters. The minimum Gasteiger partial charge on any atom is -0.472 e. The van der Waals surface area contributed by atoms with Crippen molar-refractivity contribution in [3.8, 4) is 0 Å². The minimum atomic E-state index is -1.15. The molecule has 0 fully saturated rings. The van der Waals surface area contributed by atoms with Gasteiger partial charge in [0.2, 0.25) is 11.7 Å². The number of aromatic nitrogens is 1. The molecule has 0 saturated heterocycles. The third-order valence-corrected chi connectivity index (χ3v) is 3.62. The lowest BCUT2D eigenvalue weighted by Crippen LogP contribution is -2.45. The fourth-order valence-electron chi connectivity index (χ4n) is 2.17. The Morgan fingerprint density at radius 1 is 1.22 bits per heavy atom. The van der Waals surface area contributed by atoms with E-state index in [9.17, 15) is 24.0 Å². The van der Waals surface area contributed by atoms with Gasteiger partial charge in [-0.05, 0) is 24.6 Å². The van der Waals surface area contributed by atoms with Crippen LogP contribution in [0.3, 0.4) is 0 Å². The summed E-state index contributed by atoms with van der Waals surface area (Å²) in [5.74, 6) is -2.83. The SMILES string of the molecule is CNC(=O)C(=O)CC[C@H](NC(=O)c1ccoc1)C(=O)Nc1ccc[nH]c1=O. The second kappa shape index (κ2) is 9.13. The average Bonchev–Trinajstić information content (AvgIpc) is 3.20. The van der Waals surface area contributed by atoms with E-state index in [1.807, 2.05) is 0 Å². The van der Waals surface area contributed by atoms with E-state index in [1.54, 1.807) is 0 Å². The first-order chi connectivity index (χ1) is 12.9. The number of ketones is 1. The van der Waals surface area contributed by atoms with Crippen LogP contribution >= 0.6 is 0 Å². The third-order valence-electron chi connectivity index (χ3n) is 3.62. The van der Waals surface area contributed by atoms with Gasteiger partial charge in [-0.25, -0.2) is 0 Å². The molecule has 0 aliphatic heterocycles. The van der Waals surface area contributed by atoms with Gasteiger partial charge in [-0.2, -0.15) is 0 Å². The van der Waals surface area contributed by atoms with Crippen molar-refractivity contribution in [3.63, 3.8) is 0 Å². The lowest BCUT2D eigenvalue weighted by atomic mass is 10.1. The monoisotopic (exact) mass is 374 g/mol. The lowest BCUT2D eigenvalue weighted by molar-refractivity contribution is -0.137. The Morgan fingerprint density at radius 3 is 2.63 bits per heavy atom. The third kappa shape index (κ3) is 5.39. The number of hydrogen-bond donors (Lipinski definition) is 4. The molecule has 4 N–H and O–H groups in total. The Morgan fingerprint density at radius 2 is 2.00 bits per heavy atom. The molecule has 2 heterocycles. The van der Waals surface area contributed by atoms with Crippen molar-refractivity contribution in [1.82, 2.24) is 15.6 Å². The normalized spacial score (nSPS) is 11.3. The Labute approximate surface area is 153 Å². The number of Topliss-reactive ketones (excluding diaryl/α,β-unsaturated/α-hetero) is 1. The highest BCUT2D eigenvalue weighted by Crippen LogP contribution is 2.07. The summed E-state index contributed by atoms with van der Waals surface area (Å²) < 4.78 is 4.82. The van der Waals surface area contributed by atoms with Gasteiger partial charge in [-0.3, -0.25) is 24.0 Å². The number of anilines is 1. The van der Waals surface area contributed by atoms with Gasteiger partial charge >= 0.3 is 0 Å². The van der Waals surface area contributed by atoms with Crippen molar-refractivity contribution in [1.29, 1.82) is 0 Å². The topological polar surface area (TPSA) is 150 Å². The smallest absolute Gasteiger partial charge is 0.287 e. The Balaban J connectivity index is 2.12. The number of amides is 3. The summed E-state index contributed by atoms with van der Waals surface area (Å²) in [4.78, 5) is 61.8. The molecule has 10 nitrogen and oxygen atoms in total. The van der Waals surface area contributed by atoms with E-state index in [-0.39, 0.29) is 24.1 Å². The van der Waals surface area contributed by atoms with Crippen LogP contribution in [0.4, 0.5) is 5.69 Å². The van der Waals surface area contributed by atoms with Crippen LogP contribution in [-0.2, 0) is 14.4 Å². The summed E-state index contributed by atoms with van der Waals surface area (Å²) in [7, 11) is 1.31. The zero-order valence-electron chi connectivity index (χ0n) is 14.4. The molecule has 10 heteroatoms. The number of aromatic amines is 1. The average molecular weight is 374 g/mol. The van der Waals surface area contributed by atoms with Crippen LogP contribution in [0.5, 0.6) is 0 Å². The molecule has 2 rings (SSSR count). The molecule has 0 radical (unpaired) electrons. The van der Waals surface area contributed by atoms with Crippen LogP contribution in [0, 0.1) is 0 Å². The van der Waals surface area contributed by atoms with E-state index in [1.165, 1.54) is 44.0 Å². The van der Waals surface area contributed by atoms with Gasteiger partial charge in [0, 0.05) is 19.7 Å². The molecule has 0 aliphatic rings. The number of carbonyl (C=O) groups is 4. The number of H-pyrrole nitrogens is 1. The van der Waals surface area contributed by atoms with Crippen molar-refractivity contribution >= 4 is 29.2 Å². The zero-order valence-corrected chi connectivity index (χ0v) is 14.4. The van der Waals surface area contributed by atoms with E-state index in [2.05, 4.69) is 20.9 Å². The quantitative estimate of drug-likeness (QED) is 0.470. The first-order valence-electron chi connectivity index (χ1n) is 7.99. The summed E-state index contributed by atoms with van der Waals surface area (Å²) in [5.41, 5.74) is -0.349. The molecular weight excluding hydrogens is 356 g/mol. The minimum absolute atomic E-state index is 0.0114. The van der Waals surface area contributed by atoms with E-state index in [4.69, 9.17) is 4.42 Å². The summed E-state index contributed by atoms with van der Waals surface area (Å²) in [6.07, 6.45) is 3.49. The molecule has 0 saturated carbocycles. The summed E-state index contributed by atoms with van der Waals surface area (Å²) in [6, 6.07) is 3.16. The summed E-state index contributed by atoms with van der Waals surface area (Å²) in [6.45, 7) is 0. The molecule has 0 unspecified atom stereocenters. The van der Waals surface area contributed by atoms with Crippen LogP contribution in [0.25, 0.3) is 0 Å². The van der Waals surface area contributed by atoms with Crippen LogP contribution < -0.4 is 21.5 Å². The predicted octanol–water partition coefficient (Wildman–Crippen LogP) is -0.200. The number of hydrogen-bond acceptors (Lipinski definition) is 6. The first kappa shape index (κ1) is 19.6.